The van der Waals surface area contributed by atoms with E-state index in [4.69, 9.17) is 4.42 Å². The average molecular weight is 287 g/mol. The maximum absolute atomic E-state index is 11.3. The summed E-state index contributed by atoms with van der Waals surface area (Å²) in [6.07, 6.45) is 2.48. The van der Waals surface area contributed by atoms with Crippen LogP contribution in [-0.2, 0) is 10.2 Å². The van der Waals surface area contributed by atoms with Crippen LogP contribution in [0.2, 0.25) is 0 Å². The molecule has 21 heavy (non-hydrogen) atoms. The van der Waals surface area contributed by atoms with Crippen molar-refractivity contribution in [3.05, 3.63) is 29.7 Å². The van der Waals surface area contributed by atoms with Crippen LogP contribution in [0.5, 0.6) is 0 Å². The Hall–Kier alpha value is -1.84. The maximum Gasteiger partial charge on any atom is 0.307 e. The second-order valence-corrected chi connectivity index (χ2v) is 6.97. The van der Waals surface area contributed by atoms with Gasteiger partial charge in [0.15, 0.2) is 11.5 Å². The fourth-order valence-corrected chi connectivity index (χ4v) is 3.12. The Morgan fingerprint density at radius 3 is 2.76 bits per heavy atom. The quantitative estimate of drug-likeness (QED) is 0.903. The van der Waals surface area contributed by atoms with Gasteiger partial charge in [0.05, 0.1) is 5.92 Å². The molecule has 0 amide bonds. The van der Waals surface area contributed by atoms with Crippen molar-refractivity contribution in [2.24, 2.45) is 5.92 Å². The average Bonchev–Trinajstić information content (AvgIpc) is 3.02. The van der Waals surface area contributed by atoms with E-state index >= 15 is 0 Å². The molecular formula is C17H21NO3. The third-order valence-corrected chi connectivity index (χ3v) is 4.42. The van der Waals surface area contributed by atoms with Gasteiger partial charge in [-0.3, -0.25) is 4.79 Å². The Bertz CT molecular complexity index is 681. The molecule has 1 fully saturated rings. The molecule has 0 radical (unpaired) electrons. The van der Waals surface area contributed by atoms with Gasteiger partial charge >= 0.3 is 5.97 Å². The Balaban J connectivity index is 1.99. The van der Waals surface area contributed by atoms with Crippen molar-refractivity contribution in [2.75, 3.05) is 0 Å². The highest BCUT2D eigenvalue weighted by Gasteiger charge is 2.37. The predicted molar refractivity (Wildman–Crippen MR) is 80.4 cm³/mol. The van der Waals surface area contributed by atoms with Crippen LogP contribution in [0, 0.1) is 5.92 Å². The molecule has 1 aliphatic rings. The first kappa shape index (κ1) is 14.1. The van der Waals surface area contributed by atoms with Crippen molar-refractivity contribution >= 4 is 17.1 Å². The van der Waals surface area contributed by atoms with Crippen LogP contribution in [0.3, 0.4) is 0 Å². The van der Waals surface area contributed by atoms with E-state index in [1.54, 1.807) is 0 Å². The zero-order valence-corrected chi connectivity index (χ0v) is 12.7. The summed E-state index contributed by atoms with van der Waals surface area (Å²) in [6.45, 7) is 6.48. The maximum atomic E-state index is 11.3. The highest BCUT2D eigenvalue weighted by molar-refractivity contribution is 5.75. The fraction of sp³-hybridized carbons (Fsp3) is 0.529. The van der Waals surface area contributed by atoms with Crippen LogP contribution >= 0.6 is 0 Å². The highest BCUT2D eigenvalue weighted by atomic mass is 16.4. The Labute approximate surface area is 124 Å². The number of benzene rings is 1. The summed E-state index contributed by atoms with van der Waals surface area (Å²) in [5.74, 6) is -0.607. The molecule has 2 atom stereocenters. The molecule has 0 aliphatic heterocycles. The topological polar surface area (TPSA) is 63.3 Å². The molecule has 1 aromatic heterocycles. The van der Waals surface area contributed by atoms with Gasteiger partial charge in [0, 0.05) is 5.92 Å². The van der Waals surface area contributed by atoms with Gasteiger partial charge in [0.2, 0.25) is 0 Å². The molecule has 3 rings (SSSR count). The van der Waals surface area contributed by atoms with Gasteiger partial charge in [-0.15, -0.1) is 0 Å². The minimum atomic E-state index is -0.741. The molecule has 4 nitrogen and oxygen atoms in total. The summed E-state index contributed by atoms with van der Waals surface area (Å²) in [6, 6.07) is 6.05. The summed E-state index contributed by atoms with van der Waals surface area (Å²) in [5, 5.41) is 9.30. The molecule has 2 aromatic rings. The monoisotopic (exact) mass is 287 g/mol. The normalized spacial score (nSPS) is 22.8. The number of hydrogen-bond donors (Lipinski definition) is 1. The molecule has 1 saturated carbocycles. The van der Waals surface area contributed by atoms with Gasteiger partial charge in [-0.2, -0.15) is 0 Å². The van der Waals surface area contributed by atoms with Crippen LogP contribution in [0.1, 0.15) is 57.4 Å². The van der Waals surface area contributed by atoms with E-state index in [0.717, 1.165) is 23.9 Å². The van der Waals surface area contributed by atoms with Crippen LogP contribution in [0.25, 0.3) is 11.1 Å². The van der Waals surface area contributed by atoms with Crippen molar-refractivity contribution in [3.63, 3.8) is 0 Å². The first-order valence-electron chi connectivity index (χ1n) is 7.50. The highest BCUT2D eigenvalue weighted by Crippen LogP contribution is 2.40. The van der Waals surface area contributed by atoms with Crippen LogP contribution in [-0.4, -0.2) is 16.1 Å². The van der Waals surface area contributed by atoms with Gasteiger partial charge in [-0.05, 0) is 36.0 Å². The van der Waals surface area contributed by atoms with E-state index < -0.39 is 5.97 Å². The van der Waals surface area contributed by atoms with Crippen molar-refractivity contribution in [3.8, 4) is 0 Å². The molecule has 112 valence electrons. The standard InChI is InChI=1S/C17H21NO3/c1-17(2,3)10-7-8-14-13(9-10)18-15(21-14)11-5-4-6-12(11)16(19)20/h7-9,11-12H,4-6H2,1-3H3,(H,19,20). The van der Waals surface area contributed by atoms with Gasteiger partial charge in [-0.1, -0.05) is 33.3 Å². The molecule has 0 bridgehead atoms. The second-order valence-electron chi connectivity index (χ2n) is 6.97. The number of nitrogens with zero attached hydrogens (tertiary/aromatic N) is 1. The Kier molecular flexibility index (Phi) is 3.27. The molecular weight excluding hydrogens is 266 g/mol. The number of carboxylic acid groups (broad SMARTS) is 1. The van der Waals surface area contributed by atoms with E-state index in [0.29, 0.717) is 12.3 Å². The summed E-state index contributed by atoms with van der Waals surface area (Å²) < 4.78 is 5.83. The number of hydrogen-bond acceptors (Lipinski definition) is 3. The SMILES string of the molecule is CC(C)(C)c1ccc2oc(C3CCCC3C(=O)O)nc2c1. The van der Waals surface area contributed by atoms with Crippen LogP contribution < -0.4 is 0 Å². The molecule has 1 heterocycles. The number of aliphatic carboxylic acids is 1. The second kappa shape index (κ2) is 4.86. The largest absolute Gasteiger partial charge is 0.481 e. The lowest BCUT2D eigenvalue weighted by Crippen LogP contribution is -2.16. The first-order valence-corrected chi connectivity index (χ1v) is 7.50. The summed E-state index contributed by atoms with van der Waals surface area (Å²) in [5.41, 5.74) is 2.84. The number of carbonyl (C=O) groups is 1. The molecule has 0 spiro atoms. The van der Waals surface area contributed by atoms with Crippen molar-refractivity contribution in [1.29, 1.82) is 0 Å². The zero-order chi connectivity index (χ0) is 15.2. The number of oxazole rings is 1. The Morgan fingerprint density at radius 1 is 1.33 bits per heavy atom. The molecule has 2 unspecified atom stereocenters. The van der Waals surface area contributed by atoms with E-state index in [-0.39, 0.29) is 17.3 Å². The molecule has 1 aromatic carbocycles. The minimum absolute atomic E-state index is 0.0598. The molecule has 0 saturated heterocycles. The predicted octanol–water partition coefficient (Wildman–Crippen LogP) is 4.09. The third-order valence-electron chi connectivity index (χ3n) is 4.42. The minimum Gasteiger partial charge on any atom is -0.481 e. The van der Waals surface area contributed by atoms with E-state index in [9.17, 15) is 9.90 Å². The summed E-state index contributed by atoms with van der Waals surface area (Å²) in [4.78, 5) is 15.9. The van der Waals surface area contributed by atoms with Crippen molar-refractivity contribution < 1.29 is 14.3 Å². The van der Waals surface area contributed by atoms with E-state index in [1.165, 1.54) is 5.56 Å². The number of rotatable bonds is 2. The number of carboxylic acids is 1. The lowest BCUT2D eigenvalue weighted by Gasteiger charge is -2.18. The lowest BCUT2D eigenvalue weighted by molar-refractivity contribution is -0.142. The van der Waals surface area contributed by atoms with Gasteiger partial charge in [0.1, 0.15) is 5.52 Å². The van der Waals surface area contributed by atoms with Gasteiger partial charge < -0.3 is 9.52 Å². The first-order chi connectivity index (χ1) is 9.86. The Morgan fingerprint density at radius 2 is 2.10 bits per heavy atom. The zero-order valence-electron chi connectivity index (χ0n) is 12.7. The lowest BCUT2D eigenvalue weighted by atomic mass is 9.87. The van der Waals surface area contributed by atoms with Gasteiger partial charge in [0.25, 0.3) is 0 Å². The van der Waals surface area contributed by atoms with Crippen molar-refractivity contribution in [2.45, 2.75) is 51.4 Å². The van der Waals surface area contributed by atoms with Crippen LogP contribution in [0.4, 0.5) is 0 Å². The van der Waals surface area contributed by atoms with Gasteiger partial charge in [-0.25, -0.2) is 4.98 Å². The molecule has 1 N–H and O–H groups in total. The molecule has 1 aliphatic carbocycles. The number of fused-ring (bicyclic) bond motifs is 1. The summed E-state index contributed by atoms with van der Waals surface area (Å²) >= 11 is 0. The summed E-state index contributed by atoms with van der Waals surface area (Å²) in [7, 11) is 0. The van der Waals surface area contributed by atoms with E-state index in [2.05, 4.69) is 31.8 Å². The van der Waals surface area contributed by atoms with Crippen molar-refractivity contribution in [1.82, 2.24) is 4.98 Å². The smallest absolute Gasteiger partial charge is 0.307 e. The molecule has 4 heteroatoms. The number of aromatic nitrogens is 1. The van der Waals surface area contributed by atoms with E-state index in [1.807, 2.05) is 12.1 Å². The fourth-order valence-electron chi connectivity index (χ4n) is 3.12. The van der Waals surface area contributed by atoms with Crippen LogP contribution in [0.15, 0.2) is 22.6 Å². The third kappa shape index (κ3) is 2.55.